The van der Waals surface area contributed by atoms with Crippen LogP contribution in [-0.2, 0) is 14.3 Å². The van der Waals surface area contributed by atoms with E-state index in [2.05, 4.69) is 20.3 Å². The highest BCUT2D eigenvalue weighted by atomic mass is 35.5. The van der Waals surface area contributed by atoms with Gasteiger partial charge in [0, 0.05) is 5.02 Å². The van der Waals surface area contributed by atoms with Gasteiger partial charge in [0.25, 0.3) is 0 Å². The Hall–Kier alpha value is -1.97. The van der Waals surface area contributed by atoms with Gasteiger partial charge in [-0.3, -0.25) is 14.2 Å². The predicted octanol–water partition coefficient (Wildman–Crippen LogP) is 3.02. The molecule has 2 aromatic rings. The minimum absolute atomic E-state index is 0.0235. The molecular weight excluding hydrogens is 401 g/mol. The van der Waals surface area contributed by atoms with E-state index in [0.717, 1.165) is 11.8 Å². The van der Waals surface area contributed by atoms with Crippen LogP contribution in [0, 0.1) is 0 Å². The molecule has 1 unspecified atom stereocenters. The van der Waals surface area contributed by atoms with Crippen LogP contribution in [0.1, 0.15) is 19.4 Å². The van der Waals surface area contributed by atoms with E-state index in [9.17, 15) is 9.59 Å². The molecule has 0 spiro atoms. The summed E-state index contributed by atoms with van der Waals surface area (Å²) in [5.74, 6) is -0.673. The molecule has 0 aliphatic rings. The topological polar surface area (TPSA) is 112 Å². The second kappa shape index (κ2) is 9.11. The first-order valence-corrected chi connectivity index (χ1v) is 9.27. The number of nitrogens with two attached hydrogens (primary N) is 1. The lowest BCUT2D eigenvalue weighted by Gasteiger charge is -2.19. The molecule has 140 valence electrons. The van der Waals surface area contributed by atoms with Gasteiger partial charge in [0.1, 0.15) is 6.04 Å². The fourth-order valence-electron chi connectivity index (χ4n) is 2.15. The Balaban J connectivity index is 2.23. The molecule has 26 heavy (non-hydrogen) atoms. The Morgan fingerprint density at radius 3 is 2.73 bits per heavy atom. The largest absolute Gasteiger partial charge is 0.468 e. The van der Waals surface area contributed by atoms with Crippen LogP contribution in [-0.4, -0.2) is 39.5 Å². The van der Waals surface area contributed by atoms with Crippen molar-refractivity contribution in [3.8, 4) is 0 Å². The summed E-state index contributed by atoms with van der Waals surface area (Å²) in [6.45, 7) is 1.82. The highest BCUT2D eigenvalue weighted by molar-refractivity contribution is 7.99. The molecule has 1 aromatic carbocycles. The first-order valence-electron chi connectivity index (χ1n) is 7.53. The van der Waals surface area contributed by atoms with Gasteiger partial charge in [-0.25, -0.2) is 0 Å². The van der Waals surface area contributed by atoms with Gasteiger partial charge in [0.2, 0.25) is 11.9 Å². The number of hydrogen-bond donors (Lipinski definition) is 2. The van der Waals surface area contributed by atoms with Gasteiger partial charge in [-0.05, 0) is 24.6 Å². The number of halogens is 2. The number of hydrogen-bond acceptors (Lipinski definition) is 7. The zero-order valence-corrected chi connectivity index (χ0v) is 16.4. The number of amides is 1. The molecule has 0 aliphatic carbocycles. The second-order valence-corrected chi connectivity index (χ2v) is 6.90. The van der Waals surface area contributed by atoms with Crippen LogP contribution in [0.2, 0.25) is 10.0 Å². The third-order valence-electron chi connectivity index (χ3n) is 3.43. The monoisotopic (exact) mass is 417 g/mol. The van der Waals surface area contributed by atoms with Crippen LogP contribution < -0.4 is 11.1 Å². The van der Waals surface area contributed by atoms with Gasteiger partial charge in [0.15, 0.2) is 5.16 Å². The fourth-order valence-corrected chi connectivity index (χ4v) is 3.43. The number of benzene rings is 1. The number of nitrogens with zero attached hydrogens (tertiary/aromatic N) is 3. The van der Waals surface area contributed by atoms with E-state index in [1.54, 1.807) is 12.1 Å². The minimum Gasteiger partial charge on any atom is -0.468 e. The van der Waals surface area contributed by atoms with Gasteiger partial charge in [0.05, 0.1) is 23.6 Å². The first kappa shape index (κ1) is 20.3. The number of aromatic nitrogens is 3. The van der Waals surface area contributed by atoms with Crippen LogP contribution >= 0.6 is 35.0 Å². The normalized spacial score (nSPS) is 11.8. The molecule has 0 saturated heterocycles. The van der Waals surface area contributed by atoms with Crippen LogP contribution in [0.15, 0.2) is 23.4 Å². The maximum atomic E-state index is 12.7. The Morgan fingerprint density at radius 1 is 1.38 bits per heavy atom. The van der Waals surface area contributed by atoms with Crippen molar-refractivity contribution in [2.75, 3.05) is 23.9 Å². The minimum atomic E-state index is -0.683. The molecule has 11 heteroatoms. The number of ether oxygens (including phenoxy) is 1. The Bertz CT molecular complexity index is 815. The molecule has 2 rings (SSSR count). The lowest BCUT2D eigenvalue weighted by atomic mass is 10.2. The van der Waals surface area contributed by atoms with Crippen molar-refractivity contribution in [1.29, 1.82) is 0 Å². The van der Waals surface area contributed by atoms with E-state index in [4.69, 9.17) is 28.9 Å². The van der Waals surface area contributed by atoms with Crippen LogP contribution in [0.3, 0.4) is 0 Å². The molecule has 0 aliphatic heterocycles. The summed E-state index contributed by atoms with van der Waals surface area (Å²) >= 11 is 13.0. The van der Waals surface area contributed by atoms with Crippen LogP contribution in [0.4, 0.5) is 11.6 Å². The lowest BCUT2D eigenvalue weighted by Crippen LogP contribution is -2.27. The standard InChI is InChI=1S/C15H17Cl2N5O3S/c1-3-11(13(24)19-10-5-4-8(16)6-9(10)17)22-14(18)20-21-15(22)26-7-12(23)25-2/h4-6,11H,3,7H2,1-2H3,(H2,18,20)(H,19,24). The Kier molecular flexibility index (Phi) is 7.13. The summed E-state index contributed by atoms with van der Waals surface area (Å²) < 4.78 is 6.08. The smallest absolute Gasteiger partial charge is 0.316 e. The van der Waals surface area contributed by atoms with E-state index in [1.807, 2.05) is 6.92 Å². The number of esters is 1. The molecule has 8 nitrogen and oxygen atoms in total. The van der Waals surface area contributed by atoms with Gasteiger partial charge in [-0.2, -0.15) is 0 Å². The summed E-state index contributed by atoms with van der Waals surface area (Å²) in [5, 5.41) is 11.6. The molecule has 1 atom stereocenters. The van der Waals surface area contributed by atoms with Crippen molar-refractivity contribution in [2.24, 2.45) is 0 Å². The quantitative estimate of drug-likeness (QED) is 0.525. The third-order valence-corrected chi connectivity index (χ3v) is 4.89. The second-order valence-electron chi connectivity index (χ2n) is 5.11. The molecule has 1 amide bonds. The SMILES string of the molecule is CCC(C(=O)Nc1ccc(Cl)cc1Cl)n1c(N)nnc1SCC(=O)OC. The van der Waals surface area contributed by atoms with E-state index in [0.29, 0.717) is 27.3 Å². The van der Waals surface area contributed by atoms with Crippen molar-refractivity contribution < 1.29 is 14.3 Å². The lowest BCUT2D eigenvalue weighted by molar-refractivity contribution is -0.137. The summed E-state index contributed by atoms with van der Waals surface area (Å²) in [6.07, 6.45) is 0.422. The summed E-state index contributed by atoms with van der Waals surface area (Å²) in [7, 11) is 1.29. The molecule has 1 aromatic heterocycles. The number of thioether (sulfide) groups is 1. The van der Waals surface area contributed by atoms with E-state index < -0.39 is 12.0 Å². The van der Waals surface area contributed by atoms with Crippen molar-refractivity contribution in [3.63, 3.8) is 0 Å². The average molecular weight is 418 g/mol. The van der Waals surface area contributed by atoms with Crippen molar-refractivity contribution >= 4 is 58.5 Å². The molecule has 0 bridgehead atoms. The molecule has 0 fully saturated rings. The number of anilines is 2. The number of methoxy groups -OCH3 is 1. The van der Waals surface area contributed by atoms with E-state index in [1.165, 1.54) is 17.7 Å². The van der Waals surface area contributed by atoms with Crippen LogP contribution in [0.5, 0.6) is 0 Å². The third kappa shape index (κ3) is 4.80. The van der Waals surface area contributed by atoms with Gasteiger partial charge >= 0.3 is 5.97 Å². The number of nitrogen functional groups attached to an aromatic ring is 1. The number of carbonyl (C=O) groups is 2. The van der Waals surface area contributed by atoms with E-state index in [-0.39, 0.29) is 17.6 Å². The van der Waals surface area contributed by atoms with Gasteiger partial charge < -0.3 is 15.8 Å². The Labute approximate surface area is 164 Å². The van der Waals surface area contributed by atoms with Gasteiger partial charge in [-0.1, -0.05) is 41.9 Å². The number of carbonyl (C=O) groups excluding carboxylic acids is 2. The average Bonchev–Trinajstić information content (AvgIpc) is 2.97. The number of nitrogens with one attached hydrogen (secondary N) is 1. The summed E-state index contributed by atoms with van der Waals surface area (Å²) in [5.41, 5.74) is 6.30. The van der Waals surface area contributed by atoms with Crippen molar-refractivity contribution in [1.82, 2.24) is 14.8 Å². The first-order chi connectivity index (χ1) is 12.4. The summed E-state index contributed by atoms with van der Waals surface area (Å²) in [4.78, 5) is 24.1. The zero-order chi connectivity index (χ0) is 19.3. The van der Waals surface area contributed by atoms with Crippen molar-refractivity contribution in [3.05, 3.63) is 28.2 Å². The van der Waals surface area contributed by atoms with Crippen LogP contribution in [0.25, 0.3) is 0 Å². The molecular formula is C15H17Cl2N5O3S. The number of rotatable bonds is 7. The van der Waals surface area contributed by atoms with Gasteiger partial charge in [-0.15, -0.1) is 10.2 Å². The predicted molar refractivity (Wildman–Crippen MR) is 102 cm³/mol. The molecule has 3 N–H and O–H groups in total. The fraction of sp³-hybridized carbons (Fsp3) is 0.333. The molecule has 1 heterocycles. The molecule has 0 saturated carbocycles. The Morgan fingerprint density at radius 2 is 2.12 bits per heavy atom. The maximum absolute atomic E-state index is 12.7. The summed E-state index contributed by atoms with van der Waals surface area (Å²) in [6, 6.07) is 4.08. The molecule has 0 radical (unpaired) electrons. The maximum Gasteiger partial charge on any atom is 0.316 e. The zero-order valence-electron chi connectivity index (χ0n) is 14.0. The van der Waals surface area contributed by atoms with Crippen molar-refractivity contribution in [2.45, 2.75) is 24.5 Å². The van der Waals surface area contributed by atoms with E-state index >= 15 is 0 Å². The highest BCUT2D eigenvalue weighted by Crippen LogP contribution is 2.29. The highest BCUT2D eigenvalue weighted by Gasteiger charge is 2.26.